The summed E-state index contributed by atoms with van der Waals surface area (Å²) in [6, 6.07) is 5.69. The third-order valence-electron chi connectivity index (χ3n) is 2.38. The van der Waals surface area contributed by atoms with Crippen molar-refractivity contribution in [3.8, 4) is 0 Å². The van der Waals surface area contributed by atoms with Gasteiger partial charge in [-0.1, -0.05) is 6.07 Å². The minimum absolute atomic E-state index is 0.000137. The van der Waals surface area contributed by atoms with Crippen LogP contribution in [0.2, 0.25) is 0 Å². The molecule has 0 bridgehead atoms. The number of hydrogen-bond donors (Lipinski definition) is 2. The van der Waals surface area contributed by atoms with Crippen LogP contribution in [0, 0.1) is 0 Å². The molecule has 1 atom stereocenters. The molecule has 0 aliphatic rings. The van der Waals surface area contributed by atoms with E-state index in [2.05, 4.69) is 31.1 Å². The molecule has 0 aromatic carbocycles. The number of anilines is 1. The first-order valence-corrected chi connectivity index (χ1v) is 5.87. The Kier molecular flexibility index (Phi) is 4.48. The highest BCUT2D eigenvalue weighted by molar-refractivity contribution is 5.37. The summed E-state index contributed by atoms with van der Waals surface area (Å²) in [7, 11) is 3.87. The first-order valence-electron chi connectivity index (χ1n) is 5.87. The highest BCUT2D eigenvalue weighted by Crippen LogP contribution is 2.14. The second kappa shape index (κ2) is 5.47. The van der Waals surface area contributed by atoms with Crippen molar-refractivity contribution in [2.75, 3.05) is 25.5 Å². The Balaban J connectivity index is 2.69. The number of rotatable bonds is 4. The highest BCUT2D eigenvalue weighted by Gasteiger charge is 2.14. The Labute approximate surface area is 104 Å². The summed E-state index contributed by atoms with van der Waals surface area (Å²) >= 11 is 0. The van der Waals surface area contributed by atoms with Gasteiger partial charge in [0.05, 0.1) is 5.69 Å². The van der Waals surface area contributed by atoms with Gasteiger partial charge in [-0.05, 0) is 32.9 Å². The van der Waals surface area contributed by atoms with Crippen molar-refractivity contribution in [2.45, 2.75) is 32.4 Å². The molecule has 0 spiro atoms. The van der Waals surface area contributed by atoms with Crippen molar-refractivity contribution in [3.05, 3.63) is 23.9 Å². The molecular formula is C13H23N3O. The third-order valence-corrected chi connectivity index (χ3v) is 2.38. The van der Waals surface area contributed by atoms with Crippen molar-refractivity contribution in [2.24, 2.45) is 0 Å². The second-order valence-corrected chi connectivity index (χ2v) is 5.46. The summed E-state index contributed by atoms with van der Waals surface area (Å²) in [6.45, 7) is 6.73. The molecule has 0 unspecified atom stereocenters. The second-order valence-electron chi connectivity index (χ2n) is 5.46. The molecule has 0 amide bonds. The normalized spacial score (nSPS) is 13.5. The number of pyridine rings is 1. The van der Waals surface area contributed by atoms with Gasteiger partial charge in [-0.3, -0.25) is 0 Å². The van der Waals surface area contributed by atoms with Crippen molar-refractivity contribution in [1.82, 2.24) is 10.3 Å². The van der Waals surface area contributed by atoms with E-state index in [9.17, 15) is 5.11 Å². The van der Waals surface area contributed by atoms with Gasteiger partial charge in [-0.15, -0.1) is 0 Å². The molecule has 17 heavy (non-hydrogen) atoms. The Morgan fingerprint density at radius 3 is 2.53 bits per heavy atom. The topological polar surface area (TPSA) is 48.4 Å². The zero-order valence-electron chi connectivity index (χ0n) is 11.4. The van der Waals surface area contributed by atoms with Crippen molar-refractivity contribution < 1.29 is 5.11 Å². The number of hydrogen-bond acceptors (Lipinski definition) is 4. The zero-order chi connectivity index (χ0) is 13.1. The molecule has 1 aromatic heterocycles. The lowest BCUT2D eigenvalue weighted by Crippen LogP contribution is -2.38. The van der Waals surface area contributed by atoms with E-state index in [1.165, 1.54) is 0 Å². The number of aromatic nitrogens is 1. The molecule has 2 N–H and O–H groups in total. The summed E-state index contributed by atoms with van der Waals surface area (Å²) < 4.78 is 0. The number of nitrogens with one attached hydrogen (secondary N) is 1. The number of aliphatic hydroxyl groups is 1. The largest absolute Gasteiger partial charge is 0.385 e. The molecular weight excluding hydrogens is 214 g/mol. The van der Waals surface area contributed by atoms with Gasteiger partial charge in [0.1, 0.15) is 11.9 Å². The fraction of sp³-hybridized carbons (Fsp3) is 0.615. The van der Waals surface area contributed by atoms with Crippen molar-refractivity contribution in [1.29, 1.82) is 0 Å². The fourth-order valence-electron chi connectivity index (χ4n) is 1.38. The highest BCUT2D eigenvalue weighted by atomic mass is 16.3. The van der Waals surface area contributed by atoms with E-state index in [0.717, 1.165) is 5.82 Å². The first kappa shape index (κ1) is 13.9. The molecule has 0 saturated carbocycles. The maximum atomic E-state index is 10.0. The van der Waals surface area contributed by atoms with Crippen LogP contribution in [0.3, 0.4) is 0 Å². The van der Waals surface area contributed by atoms with Gasteiger partial charge in [0, 0.05) is 26.2 Å². The quantitative estimate of drug-likeness (QED) is 0.834. The molecule has 0 saturated heterocycles. The monoisotopic (exact) mass is 237 g/mol. The molecule has 1 rings (SSSR count). The molecule has 4 heteroatoms. The number of aliphatic hydroxyl groups excluding tert-OH is 1. The standard InChI is InChI=1S/C13H23N3O/c1-13(2,3)14-9-11(17)10-7-6-8-12(15-10)16(4)5/h6-8,11,14,17H,9H2,1-5H3/t11-/m1/s1. The summed E-state index contributed by atoms with van der Waals surface area (Å²) in [4.78, 5) is 6.33. The molecule has 0 fully saturated rings. The van der Waals surface area contributed by atoms with Crippen LogP contribution < -0.4 is 10.2 Å². The Morgan fingerprint density at radius 1 is 1.35 bits per heavy atom. The van der Waals surface area contributed by atoms with Crippen LogP contribution in [0.1, 0.15) is 32.6 Å². The molecule has 1 heterocycles. The lowest BCUT2D eigenvalue weighted by molar-refractivity contribution is 0.159. The Hall–Kier alpha value is -1.13. The van der Waals surface area contributed by atoms with E-state index < -0.39 is 6.10 Å². The Bertz CT molecular complexity index is 358. The predicted molar refractivity (Wildman–Crippen MR) is 71.3 cm³/mol. The molecule has 4 nitrogen and oxygen atoms in total. The van der Waals surface area contributed by atoms with E-state index in [1.54, 1.807) is 0 Å². The van der Waals surface area contributed by atoms with Gasteiger partial charge in [0.25, 0.3) is 0 Å². The van der Waals surface area contributed by atoms with Gasteiger partial charge in [-0.25, -0.2) is 4.98 Å². The SMILES string of the molecule is CN(C)c1cccc([C@H](O)CNC(C)(C)C)n1. The van der Waals surface area contributed by atoms with Crippen LogP contribution in [0.5, 0.6) is 0 Å². The van der Waals surface area contributed by atoms with Crippen LogP contribution in [0.25, 0.3) is 0 Å². The predicted octanol–water partition coefficient (Wildman–Crippen LogP) is 1.57. The number of β-amino-alcohol motifs (C(OH)–C–C–N with tert-alkyl or cyclic N) is 1. The van der Waals surface area contributed by atoms with Crippen LogP contribution >= 0.6 is 0 Å². The lowest BCUT2D eigenvalue weighted by atomic mass is 10.1. The lowest BCUT2D eigenvalue weighted by Gasteiger charge is -2.23. The minimum Gasteiger partial charge on any atom is -0.385 e. The van der Waals surface area contributed by atoms with Crippen LogP contribution in [-0.2, 0) is 0 Å². The van der Waals surface area contributed by atoms with Gasteiger partial charge in [0.15, 0.2) is 0 Å². The molecule has 0 aliphatic carbocycles. The van der Waals surface area contributed by atoms with Gasteiger partial charge in [-0.2, -0.15) is 0 Å². The summed E-state index contributed by atoms with van der Waals surface area (Å²) in [6.07, 6.45) is -0.575. The average Bonchev–Trinajstić information content (AvgIpc) is 2.25. The van der Waals surface area contributed by atoms with Gasteiger partial charge < -0.3 is 15.3 Å². The maximum Gasteiger partial charge on any atom is 0.128 e. The van der Waals surface area contributed by atoms with E-state index in [0.29, 0.717) is 12.2 Å². The van der Waals surface area contributed by atoms with E-state index in [4.69, 9.17) is 0 Å². The van der Waals surface area contributed by atoms with E-state index in [1.807, 2.05) is 37.2 Å². The zero-order valence-corrected chi connectivity index (χ0v) is 11.4. The molecule has 0 radical (unpaired) electrons. The van der Waals surface area contributed by atoms with Crippen molar-refractivity contribution >= 4 is 5.82 Å². The fourth-order valence-corrected chi connectivity index (χ4v) is 1.38. The maximum absolute atomic E-state index is 10.0. The third kappa shape index (κ3) is 4.71. The average molecular weight is 237 g/mol. The molecule has 1 aromatic rings. The molecule has 96 valence electrons. The minimum atomic E-state index is -0.575. The number of nitrogens with zero attached hydrogens (tertiary/aromatic N) is 2. The summed E-state index contributed by atoms with van der Waals surface area (Å²) in [5.41, 5.74) is 0.702. The Morgan fingerprint density at radius 2 is 2.00 bits per heavy atom. The smallest absolute Gasteiger partial charge is 0.128 e. The first-order chi connectivity index (χ1) is 7.79. The van der Waals surface area contributed by atoms with Crippen molar-refractivity contribution in [3.63, 3.8) is 0 Å². The summed E-state index contributed by atoms with van der Waals surface area (Å²) in [5, 5.41) is 13.3. The van der Waals surface area contributed by atoms with Gasteiger partial charge in [0.2, 0.25) is 0 Å². The van der Waals surface area contributed by atoms with Crippen LogP contribution in [0.15, 0.2) is 18.2 Å². The van der Waals surface area contributed by atoms with E-state index >= 15 is 0 Å². The molecule has 0 aliphatic heterocycles. The van der Waals surface area contributed by atoms with Crippen LogP contribution in [0.4, 0.5) is 5.82 Å². The summed E-state index contributed by atoms with van der Waals surface area (Å²) in [5.74, 6) is 0.859. The van der Waals surface area contributed by atoms with Crippen LogP contribution in [-0.4, -0.2) is 36.3 Å². The van der Waals surface area contributed by atoms with E-state index in [-0.39, 0.29) is 5.54 Å². The van der Waals surface area contributed by atoms with Gasteiger partial charge >= 0.3 is 0 Å².